The maximum atomic E-state index is 3.54. The predicted octanol–water partition coefficient (Wildman–Crippen LogP) is 3.96. The normalized spacial score (nSPS) is 10.2. The van der Waals surface area contributed by atoms with Gasteiger partial charge in [0.15, 0.2) is 0 Å². The summed E-state index contributed by atoms with van der Waals surface area (Å²) in [5.74, 6) is 0. The van der Waals surface area contributed by atoms with Crippen LogP contribution in [0, 0.1) is 13.8 Å². The minimum atomic E-state index is 0.913. The molecular formula is C9H10Br2. The summed E-state index contributed by atoms with van der Waals surface area (Å²) in [5.41, 5.74) is 3.95. The topological polar surface area (TPSA) is 0 Å². The molecule has 0 aromatic heterocycles. The molecule has 0 saturated carbocycles. The lowest BCUT2D eigenvalue weighted by Crippen LogP contribution is -1.86. The minimum absolute atomic E-state index is 0.913. The Morgan fingerprint density at radius 3 is 2.45 bits per heavy atom. The van der Waals surface area contributed by atoms with Crippen molar-refractivity contribution in [3.8, 4) is 0 Å². The summed E-state index contributed by atoms with van der Waals surface area (Å²) in [7, 11) is 0. The average Bonchev–Trinajstić information content (AvgIpc) is 1.96. The van der Waals surface area contributed by atoms with Crippen LogP contribution in [0.5, 0.6) is 0 Å². The SMILES string of the molecule is Cc1cc(C)c(Br)c(CBr)c1. The van der Waals surface area contributed by atoms with Crippen LogP contribution in [0.2, 0.25) is 0 Å². The zero-order valence-corrected chi connectivity index (χ0v) is 9.79. The van der Waals surface area contributed by atoms with E-state index in [2.05, 4.69) is 57.8 Å². The standard InChI is InChI=1S/C9H10Br2/c1-6-3-7(2)9(11)8(4-6)5-10/h3-4H,5H2,1-2H3. The highest BCUT2D eigenvalue weighted by Crippen LogP contribution is 2.24. The summed E-state index contributed by atoms with van der Waals surface area (Å²) in [5, 5.41) is 0.913. The molecule has 60 valence electrons. The van der Waals surface area contributed by atoms with E-state index in [-0.39, 0.29) is 0 Å². The molecule has 0 radical (unpaired) electrons. The van der Waals surface area contributed by atoms with Gasteiger partial charge in [0.05, 0.1) is 0 Å². The van der Waals surface area contributed by atoms with Gasteiger partial charge in [0.2, 0.25) is 0 Å². The van der Waals surface area contributed by atoms with E-state index in [0.717, 1.165) is 5.33 Å². The lowest BCUT2D eigenvalue weighted by molar-refractivity contribution is 1.28. The van der Waals surface area contributed by atoms with Crippen LogP contribution in [0.3, 0.4) is 0 Å². The van der Waals surface area contributed by atoms with Crippen molar-refractivity contribution in [3.63, 3.8) is 0 Å². The van der Waals surface area contributed by atoms with Crippen LogP contribution in [0.25, 0.3) is 0 Å². The molecule has 0 heterocycles. The Bertz CT molecular complexity index is 267. The number of hydrogen-bond acceptors (Lipinski definition) is 0. The molecule has 2 heteroatoms. The van der Waals surface area contributed by atoms with Crippen molar-refractivity contribution in [2.24, 2.45) is 0 Å². The van der Waals surface area contributed by atoms with Gasteiger partial charge in [-0.1, -0.05) is 49.6 Å². The zero-order chi connectivity index (χ0) is 8.43. The van der Waals surface area contributed by atoms with Gasteiger partial charge >= 0.3 is 0 Å². The molecule has 0 aliphatic rings. The molecule has 0 bridgehead atoms. The Morgan fingerprint density at radius 1 is 1.27 bits per heavy atom. The van der Waals surface area contributed by atoms with Gasteiger partial charge in [0.25, 0.3) is 0 Å². The van der Waals surface area contributed by atoms with Gasteiger partial charge < -0.3 is 0 Å². The first-order chi connectivity index (χ1) is 5.15. The van der Waals surface area contributed by atoms with E-state index in [4.69, 9.17) is 0 Å². The quantitative estimate of drug-likeness (QED) is 0.682. The van der Waals surface area contributed by atoms with E-state index in [9.17, 15) is 0 Å². The van der Waals surface area contributed by atoms with Crippen molar-refractivity contribution in [2.75, 3.05) is 0 Å². The van der Waals surface area contributed by atoms with Gasteiger partial charge in [-0.3, -0.25) is 0 Å². The molecule has 0 fully saturated rings. The highest BCUT2D eigenvalue weighted by molar-refractivity contribution is 9.10. The highest BCUT2D eigenvalue weighted by Gasteiger charge is 2.01. The molecule has 1 aromatic carbocycles. The lowest BCUT2D eigenvalue weighted by atomic mass is 10.1. The molecule has 0 saturated heterocycles. The molecule has 0 amide bonds. The monoisotopic (exact) mass is 276 g/mol. The van der Waals surface area contributed by atoms with Crippen LogP contribution in [0.1, 0.15) is 16.7 Å². The third-order valence-electron chi connectivity index (χ3n) is 1.62. The van der Waals surface area contributed by atoms with E-state index >= 15 is 0 Å². The number of alkyl halides is 1. The van der Waals surface area contributed by atoms with Crippen LogP contribution in [-0.2, 0) is 5.33 Å². The first kappa shape index (κ1) is 9.27. The van der Waals surface area contributed by atoms with Gasteiger partial charge in [0, 0.05) is 9.80 Å². The largest absolute Gasteiger partial charge is 0.0876 e. The summed E-state index contributed by atoms with van der Waals surface area (Å²) in [6.45, 7) is 4.23. The fourth-order valence-electron chi connectivity index (χ4n) is 1.14. The zero-order valence-electron chi connectivity index (χ0n) is 6.62. The van der Waals surface area contributed by atoms with E-state index in [1.165, 1.54) is 21.2 Å². The molecule has 1 aromatic rings. The maximum Gasteiger partial charge on any atom is 0.0294 e. The summed E-state index contributed by atoms with van der Waals surface area (Å²) < 4.78 is 1.22. The Kier molecular flexibility index (Phi) is 3.14. The van der Waals surface area contributed by atoms with Gasteiger partial charge in [-0.15, -0.1) is 0 Å². The van der Waals surface area contributed by atoms with E-state index < -0.39 is 0 Å². The Hall–Kier alpha value is 0.180. The van der Waals surface area contributed by atoms with Crippen LogP contribution in [-0.4, -0.2) is 0 Å². The van der Waals surface area contributed by atoms with Gasteiger partial charge in [-0.05, 0) is 25.0 Å². The average molecular weight is 278 g/mol. The first-order valence-electron chi connectivity index (χ1n) is 3.46. The minimum Gasteiger partial charge on any atom is -0.0876 e. The number of aryl methyl sites for hydroxylation is 2. The van der Waals surface area contributed by atoms with E-state index in [1.54, 1.807) is 0 Å². The molecule has 1 rings (SSSR count). The number of halogens is 2. The lowest BCUT2D eigenvalue weighted by Gasteiger charge is -2.05. The van der Waals surface area contributed by atoms with Crippen molar-refractivity contribution >= 4 is 31.9 Å². The molecule has 0 N–H and O–H groups in total. The summed E-state index contributed by atoms with van der Waals surface area (Å²) in [6.07, 6.45) is 0. The van der Waals surface area contributed by atoms with Crippen molar-refractivity contribution in [1.29, 1.82) is 0 Å². The Morgan fingerprint density at radius 2 is 1.91 bits per heavy atom. The second kappa shape index (κ2) is 3.72. The predicted molar refractivity (Wildman–Crippen MR) is 56.2 cm³/mol. The number of rotatable bonds is 1. The van der Waals surface area contributed by atoms with Crippen molar-refractivity contribution in [1.82, 2.24) is 0 Å². The fraction of sp³-hybridized carbons (Fsp3) is 0.333. The molecule has 0 unspecified atom stereocenters. The fourth-order valence-corrected chi connectivity index (χ4v) is 2.32. The maximum absolute atomic E-state index is 3.54. The number of benzene rings is 1. The van der Waals surface area contributed by atoms with E-state index in [0.29, 0.717) is 0 Å². The van der Waals surface area contributed by atoms with Crippen LogP contribution in [0.15, 0.2) is 16.6 Å². The van der Waals surface area contributed by atoms with Crippen LogP contribution in [0.4, 0.5) is 0 Å². The third-order valence-corrected chi connectivity index (χ3v) is 3.36. The van der Waals surface area contributed by atoms with Crippen molar-refractivity contribution < 1.29 is 0 Å². The molecule has 0 spiro atoms. The molecular weight excluding hydrogens is 268 g/mol. The highest BCUT2D eigenvalue weighted by atomic mass is 79.9. The molecule has 0 aliphatic carbocycles. The van der Waals surface area contributed by atoms with Crippen molar-refractivity contribution in [2.45, 2.75) is 19.2 Å². The Labute approximate surface area is 84.3 Å². The number of hydrogen-bond donors (Lipinski definition) is 0. The molecule has 0 nitrogen and oxygen atoms in total. The van der Waals surface area contributed by atoms with Gasteiger partial charge in [-0.25, -0.2) is 0 Å². The molecule has 11 heavy (non-hydrogen) atoms. The van der Waals surface area contributed by atoms with Crippen LogP contribution >= 0.6 is 31.9 Å². The second-order valence-corrected chi connectivity index (χ2v) is 4.04. The van der Waals surface area contributed by atoms with Gasteiger partial charge in [0.1, 0.15) is 0 Å². The van der Waals surface area contributed by atoms with E-state index in [1.807, 2.05) is 0 Å². The van der Waals surface area contributed by atoms with Crippen molar-refractivity contribution in [3.05, 3.63) is 33.3 Å². The summed E-state index contributed by atoms with van der Waals surface area (Å²) in [4.78, 5) is 0. The molecule has 0 atom stereocenters. The summed E-state index contributed by atoms with van der Waals surface area (Å²) >= 11 is 6.99. The van der Waals surface area contributed by atoms with Crippen LogP contribution < -0.4 is 0 Å². The van der Waals surface area contributed by atoms with Gasteiger partial charge in [-0.2, -0.15) is 0 Å². The Balaban J connectivity index is 3.24. The first-order valence-corrected chi connectivity index (χ1v) is 5.38. The smallest absolute Gasteiger partial charge is 0.0294 e. The third kappa shape index (κ3) is 2.06. The molecule has 0 aliphatic heterocycles. The summed E-state index contributed by atoms with van der Waals surface area (Å²) in [6, 6.07) is 4.36. The second-order valence-electron chi connectivity index (χ2n) is 2.69.